The smallest absolute Gasteiger partial charge is 0.270 e. The Kier molecular flexibility index (Phi) is 4.75. The fourth-order valence-corrected chi connectivity index (χ4v) is 3.14. The number of non-ortho nitro benzene ring substituents is 1. The summed E-state index contributed by atoms with van der Waals surface area (Å²) in [7, 11) is 0. The van der Waals surface area contributed by atoms with Crippen LogP contribution in [0.5, 0.6) is 0 Å². The minimum Gasteiger partial charge on any atom is -0.371 e. The molecule has 1 aromatic rings. The first-order chi connectivity index (χ1) is 12.0. The predicted octanol–water partition coefficient (Wildman–Crippen LogP) is 1.50. The molecule has 0 saturated carbocycles. The van der Waals surface area contributed by atoms with Gasteiger partial charge in [0.1, 0.15) is 5.57 Å². The minimum atomic E-state index is -0.621. The Bertz CT molecular complexity index is 777. The van der Waals surface area contributed by atoms with E-state index in [4.69, 9.17) is 12.2 Å². The third-order valence-electron chi connectivity index (χ3n) is 4.16. The zero-order valence-electron chi connectivity index (χ0n) is 13.3. The first-order valence-corrected chi connectivity index (χ1v) is 8.28. The number of hydrogen-bond donors (Lipinski definition) is 2. The lowest BCUT2D eigenvalue weighted by Crippen LogP contribution is -2.51. The fraction of sp³-hybridized carbons (Fsp3) is 0.312. The standard InChI is InChI=1S/C16H16N4O4S/c21-14-12(15(22)18-16(25)17-14)9-10-8-11(20(23)24)4-5-13(10)19-6-2-1-3-7-19/h4-5,8-9H,1-3,6-7H2,(H2,17,18,21,22,25). The van der Waals surface area contributed by atoms with Crippen molar-refractivity contribution < 1.29 is 14.5 Å². The van der Waals surface area contributed by atoms with Crippen molar-refractivity contribution in [3.63, 3.8) is 0 Å². The molecule has 2 aliphatic rings. The van der Waals surface area contributed by atoms with Crippen LogP contribution in [-0.4, -0.2) is 34.9 Å². The first-order valence-electron chi connectivity index (χ1n) is 7.87. The van der Waals surface area contributed by atoms with E-state index in [0.717, 1.165) is 38.0 Å². The van der Waals surface area contributed by atoms with Crippen molar-refractivity contribution in [1.82, 2.24) is 10.6 Å². The molecular formula is C16H16N4O4S. The summed E-state index contributed by atoms with van der Waals surface area (Å²) in [5.41, 5.74) is 1.00. The number of amides is 2. The van der Waals surface area contributed by atoms with E-state index in [1.54, 1.807) is 6.07 Å². The lowest BCUT2D eigenvalue weighted by atomic mass is 10.0. The predicted molar refractivity (Wildman–Crippen MR) is 96.0 cm³/mol. The van der Waals surface area contributed by atoms with Gasteiger partial charge in [0, 0.05) is 36.5 Å². The number of nitrogens with one attached hydrogen (secondary N) is 2. The van der Waals surface area contributed by atoms with E-state index in [2.05, 4.69) is 15.5 Å². The largest absolute Gasteiger partial charge is 0.371 e. The number of benzene rings is 1. The lowest BCUT2D eigenvalue weighted by molar-refractivity contribution is -0.384. The van der Waals surface area contributed by atoms with Gasteiger partial charge in [-0.2, -0.15) is 0 Å². The van der Waals surface area contributed by atoms with E-state index in [9.17, 15) is 19.7 Å². The van der Waals surface area contributed by atoms with Gasteiger partial charge < -0.3 is 4.90 Å². The van der Waals surface area contributed by atoms with E-state index >= 15 is 0 Å². The molecule has 0 aliphatic carbocycles. The molecular weight excluding hydrogens is 344 g/mol. The van der Waals surface area contributed by atoms with Gasteiger partial charge in [-0.1, -0.05) is 0 Å². The zero-order chi connectivity index (χ0) is 18.0. The van der Waals surface area contributed by atoms with E-state index < -0.39 is 16.7 Å². The van der Waals surface area contributed by atoms with Gasteiger partial charge in [0.25, 0.3) is 17.5 Å². The van der Waals surface area contributed by atoms with Crippen molar-refractivity contribution in [2.75, 3.05) is 18.0 Å². The number of nitro benzene ring substituents is 1. The van der Waals surface area contributed by atoms with Crippen molar-refractivity contribution in [2.45, 2.75) is 19.3 Å². The van der Waals surface area contributed by atoms with E-state index in [-0.39, 0.29) is 16.4 Å². The molecule has 2 aliphatic heterocycles. The van der Waals surface area contributed by atoms with Crippen LogP contribution in [0.3, 0.4) is 0 Å². The topological polar surface area (TPSA) is 105 Å². The molecule has 2 saturated heterocycles. The molecule has 0 spiro atoms. The number of piperidine rings is 1. The van der Waals surface area contributed by atoms with Gasteiger partial charge in [-0.15, -0.1) is 0 Å². The monoisotopic (exact) mass is 360 g/mol. The van der Waals surface area contributed by atoms with Crippen LogP contribution in [0.4, 0.5) is 11.4 Å². The number of carbonyl (C=O) groups excluding carboxylic acids is 2. The number of anilines is 1. The molecule has 1 aromatic carbocycles. The number of carbonyl (C=O) groups is 2. The van der Waals surface area contributed by atoms with Crippen LogP contribution >= 0.6 is 12.2 Å². The molecule has 0 unspecified atom stereocenters. The molecule has 2 heterocycles. The van der Waals surface area contributed by atoms with Gasteiger partial charge in [0.2, 0.25) is 0 Å². The summed E-state index contributed by atoms with van der Waals surface area (Å²) in [5, 5.41) is 15.8. The first kappa shape index (κ1) is 17.0. The third-order valence-corrected chi connectivity index (χ3v) is 4.37. The molecule has 0 atom stereocenters. The molecule has 0 bridgehead atoms. The summed E-state index contributed by atoms with van der Waals surface area (Å²) < 4.78 is 0. The maximum atomic E-state index is 12.1. The van der Waals surface area contributed by atoms with Gasteiger partial charge in [0.15, 0.2) is 5.11 Å². The fourth-order valence-electron chi connectivity index (χ4n) is 2.96. The quantitative estimate of drug-likeness (QED) is 0.278. The second kappa shape index (κ2) is 6.98. The van der Waals surface area contributed by atoms with Crippen LogP contribution in [0, 0.1) is 10.1 Å². The second-order valence-corrected chi connectivity index (χ2v) is 6.25. The number of nitrogens with zero attached hydrogens (tertiary/aromatic N) is 2. The summed E-state index contributed by atoms with van der Waals surface area (Å²) in [6, 6.07) is 4.48. The Morgan fingerprint density at radius 2 is 1.76 bits per heavy atom. The SMILES string of the molecule is O=C1NC(=S)NC(=O)C1=Cc1cc([N+](=O)[O-])ccc1N1CCCCC1. The molecule has 2 amide bonds. The Morgan fingerprint density at radius 1 is 1.12 bits per heavy atom. The number of thiocarbonyl (C=S) groups is 1. The van der Waals surface area contributed by atoms with Crippen LogP contribution in [0.1, 0.15) is 24.8 Å². The Morgan fingerprint density at radius 3 is 2.36 bits per heavy atom. The third kappa shape index (κ3) is 3.66. The van der Waals surface area contributed by atoms with Crippen molar-refractivity contribution >= 4 is 46.6 Å². The highest BCUT2D eigenvalue weighted by Crippen LogP contribution is 2.30. The van der Waals surface area contributed by atoms with Gasteiger partial charge in [0.05, 0.1) is 4.92 Å². The summed E-state index contributed by atoms with van der Waals surface area (Å²) in [6.45, 7) is 1.66. The molecule has 0 aromatic heterocycles. The highest BCUT2D eigenvalue weighted by Gasteiger charge is 2.27. The molecule has 9 heteroatoms. The van der Waals surface area contributed by atoms with Crippen LogP contribution < -0.4 is 15.5 Å². The average molecular weight is 360 g/mol. The maximum Gasteiger partial charge on any atom is 0.270 e. The molecule has 0 radical (unpaired) electrons. The second-order valence-electron chi connectivity index (χ2n) is 5.84. The Hall–Kier alpha value is -2.81. The van der Waals surface area contributed by atoms with Gasteiger partial charge in [-0.3, -0.25) is 30.3 Å². The van der Waals surface area contributed by atoms with Crippen molar-refractivity contribution in [3.8, 4) is 0 Å². The molecule has 2 N–H and O–H groups in total. The number of rotatable bonds is 3. The summed E-state index contributed by atoms with van der Waals surface area (Å²) >= 11 is 4.77. The lowest BCUT2D eigenvalue weighted by Gasteiger charge is -2.30. The summed E-state index contributed by atoms with van der Waals surface area (Å²) in [5.74, 6) is -1.24. The maximum absolute atomic E-state index is 12.1. The minimum absolute atomic E-state index is 0.0533. The van der Waals surface area contributed by atoms with Gasteiger partial charge in [-0.05, 0) is 43.6 Å². The zero-order valence-corrected chi connectivity index (χ0v) is 14.1. The summed E-state index contributed by atoms with van der Waals surface area (Å²) in [6.07, 6.45) is 4.58. The van der Waals surface area contributed by atoms with Crippen LogP contribution in [0.2, 0.25) is 0 Å². The molecule has 2 fully saturated rings. The van der Waals surface area contributed by atoms with E-state index in [1.807, 2.05) is 0 Å². The average Bonchev–Trinajstić information content (AvgIpc) is 2.58. The Balaban J connectivity index is 2.05. The molecule has 25 heavy (non-hydrogen) atoms. The molecule has 3 rings (SSSR count). The van der Waals surface area contributed by atoms with E-state index in [1.165, 1.54) is 18.2 Å². The van der Waals surface area contributed by atoms with Gasteiger partial charge >= 0.3 is 0 Å². The summed E-state index contributed by atoms with van der Waals surface area (Å²) in [4.78, 5) is 36.8. The van der Waals surface area contributed by atoms with Gasteiger partial charge in [-0.25, -0.2) is 0 Å². The van der Waals surface area contributed by atoms with Crippen molar-refractivity contribution in [2.24, 2.45) is 0 Å². The van der Waals surface area contributed by atoms with Crippen LogP contribution in [0.25, 0.3) is 6.08 Å². The van der Waals surface area contributed by atoms with E-state index in [0.29, 0.717) is 5.56 Å². The highest BCUT2D eigenvalue weighted by atomic mass is 32.1. The Labute approximate surface area is 149 Å². The van der Waals surface area contributed by atoms with Crippen molar-refractivity contribution in [3.05, 3.63) is 39.4 Å². The van der Waals surface area contributed by atoms with Crippen molar-refractivity contribution in [1.29, 1.82) is 0 Å². The van der Waals surface area contributed by atoms with Crippen LogP contribution in [-0.2, 0) is 9.59 Å². The molecule has 8 nitrogen and oxygen atoms in total. The number of nitro groups is 1. The normalized spacial score (nSPS) is 17.8. The molecule has 130 valence electrons. The highest BCUT2D eigenvalue weighted by molar-refractivity contribution is 7.80. The van der Waals surface area contributed by atoms with Crippen LogP contribution in [0.15, 0.2) is 23.8 Å². The number of hydrogen-bond acceptors (Lipinski definition) is 6.